The molecule has 0 saturated carbocycles. The molecule has 3 nitrogen and oxygen atoms in total. The summed E-state index contributed by atoms with van der Waals surface area (Å²) in [5.41, 5.74) is 1.05. The number of methoxy groups -OCH3 is 1. The maximum absolute atomic E-state index is 12.9. The van der Waals surface area contributed by atoms with Crippen molar-refractivity contribution in [3.8, 4) is 0 Å². The number of carbonyl (C=O) groups is 1. The average molecular weight is 251 g/mol. The number of hydrogen-bond donors (Lipinski definition) is 0. The number of nitrogens with zero attached hydrogens (tertiary/aromatic N) is 1. The van der Waals surface area contributed by atoms with E-state index in [2.05, 4.69) is 4.90 Å². The minimum absolute atomic E-state index is 0.0544. The molecule has 1 aromatic rings. The van der Waals surface area contributed by atoms with E-state index in [9.17, 15) is 9.18 Å². The van der Waals surface area contributed by atoms with Gasteiger partial charge in [-0.05, 0) is 44.1 Å². The number of ether oxygens (including phenoxy) is 1. The van der Waals surface area contributed by atoms with Gasteiger partial charge in [0.1, 0.15) is 5.82 Å². The predicted octanol–water partition coefficient (Wildman–Crippen LogP) is 2.38. The molecule has 18 heavy (non-hydrogen) atoms. The van der Waals surface area contributed by atoms with Crippen molar-refractivity contribution in [1.82, 2.24) is 4.90 Å². The molecule has 0 N–H and O–H groups in total. The third-order valence-electron chi connectivity index (χ3n) is 3.66. The van der Waals surface area contributed by atoms with Crippen molar-refractivity contribution >= 4 is 5.97 Å². The van der Waals surface area contributed by atoms with Crippen LogP contribution < -0.4 is 0 Å². The molecule has 0 bridgehead atoms. The lowest BCUT2D eigenvalue weighted by molar-refractivity contribution is -0.147. The third kappa shape index (κ3) is 2.70. The van der Waals surface area contributed by atoms with E-state index in [1.54, 1.807) is 12.1 Å². The molecule has 1 heterocycles. The zero-order valence-corrected chi connectivity index (χ0v) is 10.7. The number of rotatable bonds is 2. The lowest BCUT2D eigenvalue weighted by Crippen LogP contribution is -2.36. The lowest BCUT2D eigenvalue weighted by Gasteiger charge is -2.36. The Morgan fingerprint density at radius 3 is 2.67 bits per heavy atom. The highest BCUT2D eigenvalue weighted by atomic mass is 19.1. The number of carbonyl (C=O) groups excluding carboxylic acids is 1. The second-order valence-electron chi connectivity index (χ2n) is 4.79. The summed E-state index contributed by atoms with van der Waals surface area (Å²) in [6.07, 6.45) is 1.55. The molecule has 0 aliphatic carbocycles. The van der Waals surface area contributed by atoms with E-state index in [0.717, 1.165) is 24.9 Å². The van der Waals surface area contributed by atoms with Gasteiger partial charge in [0.15, 0.2) is 0 Å². The Bertz CT molecular complexity index is 418. The first-order chi connectivity index (χ1) is 8.61. The van der Waals surface area contributed by atoms with Gasteiger partial charge in [-0.25, -0.2) is 4.39 Å². The molecule has 1 aliphatic rings. The molecule has 0 aromatic heterocycles. The highest BCUT2D eigenvalue weighted by molar-refractivity contribution is 5.72. The third-order valence-corrected chi connectivity index (χ3v) is 3.66. The van der Waals surface area contributed by atoms with Gasteiger partial charge in [-0.3, -0.25) is 9.69 Å². The Balaban J connectivity index is 2.14. The minimum Gasteiger partial charge on any atom is -0.469 e. The fraction of sp³-hybridized carbons (Fsp3) is 0.500. The monoisotopic (exact) mass is 251 g/mol. The molecule has 2 rings (SSSR count). The molecule has 98 valence electrons. The molecular formula is C14H18FNO2. The topological polar surface area (TPSA) is 29.5 Å². The molecular weight excluding hydrogens is 233 g/mol. The summed E-state index contributed by atoms with van der Waals surface area (Å²) in [5.74, 6) is -0.432. The maximum atomic E-state index is 12.9. The van der Waals surface area contributed by atoms with Crippen LogP contribution in [0, 0.1) is 11.7 Å². The second kappa shape index (κ2) is 5.48. The second-order valence-corrected chi connectivity index (χ2v) is 4.79. The fourth-order valence-corrected chi connectivity index (χ4v) is 2.54. The van der Waals surface area contributed by atoms with Gasteiger partial charge in [0, 0.05) is 6.04 Å². The van der Waals surface area contributed by atoms with Gasteiger partial charge in [0.05, 0.1) is 13.0 Å². The Morgan fingerprint density at radius 2 is 2.06 bits per heavy atom. The van der Waals surface area contributed by atoms with Crippen LogP contribution in [0.4, 0.5) is 4.39 Å². The van der Waals surface area contributed by atoms with Gasteiger partial charge >= 0.3 is 5.97 Å². The van der Waals surface area contributed by atoms with Crippen LogP contribution in [-0.4, -0.2) is 31.6 Å². The molecule has 2 unspecified atom stereocenters. The van der Waals surface area contributed by atoms with E-state index in [1.807, 2.05) is 7.05 Å². The first-order valence-corrected chi connectivity index (χ1v) is 6.15. The summed E-state index contributed by atoms with van der Waals surface area (Å²) in [6.45, 7) is 0.849. The van der Waals surface area contributed by atoms with E-state index in [0.29, 0.717) is 0 Å². The first kappa shape index (κ1) is 13.0. The Morgan fingerprint density at radius 1 is 1.39 bits per heavy atom. The number of likely N-dealkylation sites (tertiary alicyclic amines) is 1. The van der Waals surface area contributed by atoms with Gasteiger partial charge < -0.3 is 4.74 Å². The molecule has 0 radical (unpaired) electrons. The highest BCUT2D eigenvalue weighted by Gasteiger charge is 2.31. The summed E-state index contributed by atoms with van der Waals surface area (Å²) in [7, 11) is 3.45. The minimum atomic E-state index is -0.235. The predicted molar refractivity (Wildman–Crippen MR) is 66.5 cm³/mol. The van der Waals surface area contributed by atoms with E-state index in [1.165, 1.54) is 19.2 Å². The van der Waals surface area contributed by atoms with E-state index >= 15 is 0 Å². The van der Waals surface area contributed by atoms with Gasteiger partial charge in [0.2, 0.25) is 0 Å². The fourth-order valence-electron chi connectivity index (χ4n) is 2.54. The molecule has 1 aromatic carbocycles. The van der Waals surface area contributed by atoms with Gasteiger partial charge in [-0.2, -0.15) is 0 Å². The van der Waals surface area contributed by atoms with Gasteiger partial charge in [-0.1, -0.05) is 12.1 Å². The van der Waals surface area contributed by atoms with Crippen molar-refractivity contribution < 1.29 is 13.9 Å². The maximum Gasteiger partial charge on any atom is 0.308 e. The van der Waals surface area contributed by atoms with Gasteiger partial charge in [0.25, 0.3) is 0 Å². The number of benzene rings is 1. The summed E-state index contributed by atoms with van der Waals surface area (Å²) in [5, 5.41) is 0. The average Bonchev–Trinajstić information content (AvgIpc) is 2.39. The first-order valence-electron chi connectivity index (χ1n) is 6.15. The standard InChI is InChI=1S/C14H18FNO2/c1-16-8-7-11(14(17)18-2)9-13(16)10-3-5-12(15)6-4-10/h3-6,11,13H,7-9H2,1-2H3. The number of esters is 1. The summed E-state index contributed by atoms with van der Waals surface area (Å²) >= 11 is 0. The number of halogens is 1. The van der Waals surface area contributed by atoms with Crippen LogP contribution in [-0.2, 0) is 9.53 Å². The summed E-state index contributed by atoms with van der Waals surface area (Å²) in [4.78, 5) is 13.8. The van der Waals surface area contributed by atoms with E-state index in [4.69, 9.17) is 4.74 Å². The highest BCUT2D eigenvalue weighted by Crippen LogP contribution is 2.33. The molecule has 1 fully saturated rings. The zero-order chi connectivity index (χ0) is 13.1. The van der Waals surface area contributed by atoms with Crippen LogP contribution >= 0.6 is 0 Å². The molecule has 0 amide bonds. The molecule has 4 heteroatoms. The van der Waals surface area contributed by atoms with Gasteiger partial charge in [-0.15, -0.1) is 0 Å². The van der Waals surface area contributed by atoms with Crippen molar-refractivity contribution in [2.45, 2.75) is 18.9 Å². The SMILES string of the molecule is COC(=O)C1CCN(C)C(c2ccc(F)cc2)C1. The van der Waals surface area contributed by atoms with Crippen molar-refractivity contribution in [3.05, 3.63) is 35.6 Å². The van der Waals surface area contributed by atoms with Crippen LogP contribution in [0.25, 0.3) is 0 Å². The zero-order valence-electron chi connectivity index (χ0n) is 10.7. The molecule has 1 saturated heterocycles. The van der Waals surface area contributed by atoms with Crippen LogP contribution in [0.5, 0.6) is 0 Å². The number of hydrogen-bond acceptors (Lipinski definition) is 3. The summed E-state index contributed by atoms with van der Waals surface area (Å²) < 4.78 is 17.7. The largest absolute Gasteiger partial charge is 0.469 e. The lowest BCUT2D eigenvalue weighted by atomic mass is 9.87. The van der Waals surface area contributed by atoms with Crippen molar-refractivity contribution in [1.29, 1.82) is 0 Å². The van der Waals surface area contributed by atoms with E-state index in [-0.39, 0.29) is 23.7 Å². The normalized spacial score (nSPS) is 24.8. The van der Waals surface area contributed by atoms with Crippen molar-refractivity contribution in [2.24, 2.45) is 5.92 Å². The quantitative estimate of drug-likeness (QED) is 0.756. The Labute approximate surface area is 107 Å². The van der Waals surface area contributed by atoms with Crippen molar-refractivity contribution in [3.63, 3.8) is 0 Å². The van der Waals surface area contributed by atoms with Crippen LogP contribution in [0.3, 0.4) is 0 Å². The van der Waals surface area contributed by atoms with Crippen LogP contribution in [0.2, 0.25) is 0 Å². The van der Waals surface area contributed by atoms with E-state index < -0.39 is 0 Å². The van der Waals surface area contributed by atoms with Crippen LogP contribution in [0.15, 0.2) is 24.3 Å². The smallest absolute Gasteiger partial charge is 0.308 e. The van der Waals surface area contributed by atoms with Crippen molar-refractivity contribution in [2.75, 3.05) is 20.7 Å². The molecule has 0 spiro atoms. The van der Waals surface area contributed by atoms with Crippen LogP contribution in [0.1, 0.15) is 24.4 Å². The summed E-state index contributed by atoms with van der Waals surface area (Å²) in [6, 6.07) is 6.66. The molecule has 2 atom stereocenters. The Hall–Kier alpha value is -1.42. The number of piperidine rings is 1. The Kier molecular flexibility index (Phi) is 3.97. The molecule has 1 aliphatic heterocycles.